The van der Waals surface area contributed by atoms with Crippen molar-refractivity contribution in [2.24, 2.45) is 0 Å². The lowest BCUT2D eigenvalue weighted by Crippen LogP contribution is -2.38. The predicted octanol–water partition coefficient (Wildman–Crippen LogP) is 5.12. The van der Waals surface area contributed by atoms with E-state index in [0.717, 1.165) is 43.6 Å². The van der Waals surface area contributed by atoms with Gasteiger partial charge in [0.2, 0.25) is 5.95 Å². The predicted molar refractivity (Wildman–Crippen MR) is 113 cm³/mol. The number of alkyl halides is 3. The van der Waals surface area contributed by atoms with Crippen LogP contribution in [0.3, 0.4) is 0 Å². The van der Waals surface area contributed by atoms with Crippen molar-refractivity contribution in [3.8, 4) is 16.9 Å². The second-order valence-corrected chi connectivity index (χ2v) is 7.55. The number of hydrogen-bond donors (Lipinski definition) is 1. The van der Waals surface area contributed by atoms with Crippen LogP contribution < -0.4 is 10.1 Å². The molecule has 0 bridgehead atoms. The van der Waals surface area contributed by atoms with Crippen molar-refractivity contribution in [3.05, 3.63) is 72.6 Å². The van der Waals surface area contributed by atoms with E-state index >= 15 is 0 Å². The molecule has 5 nitrogen and oxygen atoms in total. The van der Waals surface area contributed by atoms with Crippen LogP contribution in [0.5, 0.6) is 5.75 Å². The molecule has 3 aromatic rings. The number of nitrogens with zero attached hydrogens (tertiary/aromatic N) is 3. The molecule has 0 atom stereocenters. The molecular weight excluding hydrogens is 405 g/mol. The van der Waals surface area contributed by atoms with Gasteiger partial charge in [-0.05, 0) is 36.1 Å². The Labute approximate surface area is 178 Å². The van der Waals surface area contributed by atoms with Gasteiger partial charge in [0.25, 0.3) is 0 Å². The summed E-state index contributed by atoms with van der Waals surface area (Å²) in [5, 5.41) is 3.38. The van der Waals surface area contributed by atoms with Crippen molar-refractivity contribution in [2.75, 3.05) is 18.4 Å². The standard InChI is InChI=1S/C23H23F3N4O/c24-23(25,26)31-21-8-6-18(7-9-21)19-14-27-22(28-15-19)29-20-10-12-30(13-11-20)16-17-4-2-1-3-5-17/h1-9,14-15,20H,10-13,16H2,(H,27,28,29). The van der Waals surface area contributed by atoms with E-state index in [-0.39, 0.29) is 5.75 Å². The first-order valence-electron chi connectivity index (χ1n) is 10.2. The maximum atomic E-state index is 12.3. The Kier molecular flexibility index (Phi) is 6.36. The molecule has 1 aromatic heterocycles. The number of halogens is 3. The van der Waals surface area contributed by atoms with E-state index in [1.165, 1.54) is 17.7 Å². The van der Waals surface area contributed by atoms with Gasteiger partial charge in [-0.1, -0.05) is 42.5 Å². The monoisotopic (exact) mass is 428 g/mol. The summed E-state index contributed by atoms with van der Waals surface area (Å²) in [5.74, 6) is 0.302. The van der Waals surface area contributed by atoms with Crippen LogP contribution in [-0.4, -0.2) is 40.4 Å². The van der Waals surface area contributed by atoms with Crippen molar-refractivity contribution in [1.82, 2.24) is 14.9 Å². The molecule has 0 amide bonds. The normalized spacial score (nSPS) is 15.6. The Morgan fingerprint density at radius 1 is 0.903 bits per heavy atom. The summed E-state index contributed by atoms with van der Waals surface area (Å²) in [6.07, 6.45) is 0.659. The summed E-state index contributed by atoms with van der Waals surface area (Å²) in [6.45, 7) is 2.99. The van der Waals surface area contributed by atoms with Gasteiger partial charge in [-0.15, -0.1) is 13.2 Å². The van der Waals surface area contributed by atoms with Gasteiger partial charge in [-0.3, -0.25) is 4.90 Å². The highest BCUT2D eigenvalue weighted by Gasteiger charge is 2.31. The van der Waals surface area contributed by atoms with Crippen molar-refractivity contribution < 1.29 is 17.9 Å². The van der Waals surface area contributed by atoms with E-state index < -0.39 is 6.36 Å². The van der Waals surface area contributed by atoms with Crippen LogP contribution in [0.25, 0.3) is 11.1 Å². The van der Waals surface area contributed by atoms with E-state index in [1.54, 1.807) is 24.5 Å². The average Bonchev–Trinajstić information content (AvgIpc) is 2.76. The lowest BCUT2D eigenvalue weighted by Gasteiger charge is -2.32. The summed E-state index contributed by atoms with van der Waals surface area (Å²) >= 11 is 0. The zero-order chi connectivity index (χ0) is 21.7. The van der Waals surface area contributed by atoms with Crippen molar-refractivity contribution in [3.63, 3.8) is 0 Å². The molecule has 1 fully saturated rings. The number of benzene rings is 2. The Hall–Kier alpha value is -3.13. The second kappa shape index (κ2) is 9.34. The van der Waals surface area contributed by atoms with Gasteiger partial charge in [0.15, 0.2) is 0 Å². The fourth-order valence-electron chi connectivity index (χ4n) is 3.66. The number of nitrogens with one attached hydrogen (secondary N) is 1. The minimum absolute atomic E-state index is 0.255. The number of rotatable bonds is 6. The van der Waals surface area contributed by atoms with Gasteiger partial charge in [0.1, 0.15) is 5.75 Å². The highest BCUT2D eigenvalue weighted by Crippen LogP contribution is 2.26. The molecule has 0 radical (unpaired) electrons. The third kappa shape index (κ3) is 6.18. The lowest BCUT2D eigenvalue weighted by molar-refractivity contribution is -0.274. The van der Waals surface area contributed by atoms with E-state index in [0.29, 0.717) is 12.0 Å². The molecule has 2 aromatic carbocycles. The van der Waals surface area contributed by atoms with Crippen LogP contribution >= 0.6 is 0 Å². The summed E-state index contributed by atoms with van der Waals surface area (Å²) in [4.78, 5) is 11.2. The first-order valence-corrected chi connectivity index (χ1v) is 10.2. The van der Waals surface area contributed by atoms with Crippen LogP contribution in [0, 0.1) is 0 Å². The molecule has 1 N–H and O–H groups in total. The van der Waals surface area contributed by atoms with Gasteiger partial charge < -0.3 is 10.1 Å². The minimum atomic E-state index is -4.70. The second-order valence-electron chi connectivity index (χ2n) is 7.55. The fraction of sp³-hybridized carbons (Fsp3) is 0.304. The molecule has 8 heteroatoms. The van der Waals surface area contributed by atoms with Gasteiger partial charge in [0, 0.05) is 43.6 Å². The number of anilines is 1. The molecule has 0 aliphatic carbocycles. The number of piperidine rings is 1. The summed E-state index contributed by atoms with van der Waals surface area (Å²) in [5.41, 5.74) is 2.77. The zero-order valence-electron chi connectivity index (χ0n) is 16.8. The third-order valence-electron chi connectivity index (χ3n) is 5.24. The van der Waals surface area contributed by atoms with E-state index in [1.807, 2.05) is 6.07 Å². The van der Waals surface area contributed by atoms with Crippen molar-refractivity contribution >= 4 is 5.95 Å². The molecule has 1 aliphatic rings. The first kappa shape index (κ1) is 21.1. The van der Waals surface area contributed by atoms with Gasteiger partial charge in [-0.25, -0.2) is 9.97 Å². The molecular formula is C23H23F3N4O. The molecule has 0 spiro atoms. The van der Waals surface area contributed by atoms with Crippen molar-refractivity contribution in [2.45, 2.75) is 31.8 Å². The highest BCUT2D eigenvalue weighted by molar-refractivity contribution is 5.62. The average molecular weight is 428 g/mol. The molecule has 0 unspecified atom stereocenters. The van der Waals surface area contributed by atoms with Gasteiger partial charge >= 0.3 is 6.36 Å². The Morgan fingerprint density at radius 3 is 2.16 bits per heavy atom. The Balaban J connectivity index is 1.28. The minimum Gasteiger partial charge on any atom is -0.406 e. The number of aromatic nitrogens is 2. The first-order chi connectivity index (χ1) is 14.9. The Morgan fingerprint density at radius 2 is 1.55 bits per heavy atom. The third-order valence-corrected chi connectivity index (χ3v) is 5.24. The zero-order valence-corrected chi connectivity index (χ0v) is 16.8. The van der Waals surface area contributed by atoms with E-state index in [9.17, 15) is 13.2 Å². The quantitative estimate of drug-likeness (QED) is 0.591. The van der Waals surface area contributed by atoms with Crippen LogP contribution in [0.1, 0.15) is 18.4 Å². The molecule has 31 heavy (non-hydrogen) atoms. The maximum absolute atomic E-state index is 12.3. The van der Waals surface area contributed by atoms with E-state index in [2.05, 4.69) is 49.2 Å². The maximum Gasteiger partial charge on any atom is 0.573 e. The number of ether oxygens (including phenoxy) is 1. The van der Waals surface area contributed by atoms with Crippen molar-refractivity contribution in [1.29, 1.82) is 0 Å². The molecule has 2 heterocycles. The largest absolute Gasteiger partial charge is 0.573 e. The number of likely N-dealkylation sites (tertiary alicyclic amines) is 1. The summed E-state index contributed by atoms with van der Waals surface area (Å²) < 4.78 is 40.7. The molecule has 0 saturated carbocycles. The van der Waals surface area contributed by atoms with Crippen LogP contribution in [0.2, 0.25) is 0 Å². The SMILES string of the molecule is FC(F)(F)Oc1ccc(-c2cnc(NC3CCN(Cc4ccccc4)CC3)nc2)cc1. The molecule has 1 saturated heterocycles. The van der Waals surface area contributed by atoms with Crippen LogP contribution in [0.4, 0.5) is 19.1 Å². The smallest absolute Gasteiger partial charge is 0.406 e. The fourth-order valence-corrected chi connectivity index (χ4v) is 3.66. The molecule has 4 rings (SSSR count). The van der Waals surface area contributed by atoms with Crippen LogP contribution in [-0.2, 0) is 6.54 Å². The summed E-state index contributed by atoms with van der Waals surface area (Å²) in [6, 6.07) is 16.4. The Bertz CT molecular complexity index is 955. The number of hydrogen-bond acceptors (Lipinski definition) is 5. The molecule has 1 aliphatic heterocycles. The van der Waals surface area contributed by atoms with Gasteiger partial charge in [0.05, 0.1) is 0 Å². The topological polar surface area (TPSA) is 50.3 Å². The highest BCUT2D eigenvalue weighted by atomic mass is 19.4. The van der Waals surface area contributed by atoms with Crippen LogP contribution in [0.15, 0.2) is 67.0 Å². The lowest BCUT2D eigenvalue weighted by atomic mass is 10.0. The van der Waals surface area contributed by atoms with Gasteiger partial charge in [-0.2, -0.15) is 0 Å². The molecule has 162 valence electrons. The van der Waals surface area contributed by atoms with E-state index in [4.69, 9.17) is 0 Å². The summed E-state index contributed by atoms with van der Waals surface area (Å²) in [7, 11) is 0.